The lowest BCUT2D eigenvalue weighted by atomic mass is 9.86. The van der Waals surface area contributed by atoms with Crippen molar-refractivity contribution in [3.8, 4) is 0 Å². The highest BCUT2D eigenvalue weighted by Crippen LogP contribution is 2.24. The Bertz CT molecular complexity index is 786. The molecule has 2 atom stereocenters. The van der Waals surface area contributed by atoms with E-state index in [1.807, 2.05) is 37.3 Å². The molecule has 3 rings (SSSR count). The Kier molecular flexibility index (Phi) is 5.71. The van der Waals surface area contributed by atoms with Gasteiger partial charge in [-0.1, -0.05) is 44.0 Å². The van der Waals surface area contributed by atoms with Crippen LogP contribution in [-0.2, 0) is 0 Å². The second kappa shape index (κ2) is 8.17. The fourth-order valence-corrected chi connectivity index (χ4v) is 3.46. The van der Waals surface area contributed by atoms with Gasteiger partial charge < -0.3 is 10.6 Å². The summed E-state index contributed by atoms with van der Waals surface area (Å²) in [6.45, 7) is 4.12. The van der Waals surface area contributed by atoms with Gasteiger partial charge in [-0.05, 0) is 55.5 Å². The molecular weight excluding hydrogens is 324 g/mol. The van der Waals surface area contributed by atoms with E-state index in [9.17, 15) is 9.59 Å². The third-order valence-corrected chi connectivity index (χ3v) is 5.21. The SMILES string of the molecule is Cc1ccc(C(=O)NC2CCCCC2C)cc1NC(=O)c1ccccc1. The second-order valence-corrected chi connectivity index (χ2v) is 7.19. The largest absolute Gasteiger partial charge is 0.349 e. The predicted molar refractivity (Wildman–Crippen MR) is 104 cm³/mol. The molecule has 2 amide bonds. The first-order chi connectivity index (χ1) is 12.5. The highest BCUT2D eigenvalue weighted by Gasteiger charge is 2.23. The van der Waals surface area contributed by atoms with Crippen LogP contribution in [0.4, 0.5) is 5.69 Å². The van der Waals surface area contributed by atoms with Crippen molar-refractivity contribution >= 4 is 17.5 Å². The van der Waals surface area contributed by atoms with Crippen molar-refractivity contribution in [2.75, 3.05) is 5.32 Å². The predicted octanol–water partition coefficient (Wildman–Crippen LogP) is 4.56. The minimum absolute atomic E-state index is 0.0704. The zero-order chi connectivity index (χ0) is 18.5. The van der Waals surface area contributed by atoms with E-state index in [-0.39, 0.29) is 17.9 Å². The summed E-state index contributed by atoms with van der Waals surface area (Å²) in [7, 11) is 0. The number of hydrogen-bond acceptors (Lipinski definition) is 2. The standard InChI is InChI=1S/C22H26N2O2/c1-15-8-6-7-11-19(15)23-22(26)18-13-12-16(2)20(14-18)24-21(25)17-9-4-3-5-10-17/h3-5,9-10,12-15,19H,6-8,11H2,1-2H3,(H,23,26)(H,24,25). The average Bonchev–Trinajstić information content (AvgIpc) is 2.66. The first kappa shape index (κ1) is 18.2. The molecule has 2 N–H and O–H groups in total. The summed E-state index contributed by atoms with van der Waals surface area (Å²) < 4.78 is 0. The van der Waals surface area contributed by atoms with Gasteiger partial charge in [0.05, 0.1) is 0 Å². The van der Waals surface area contributed by atoms with Crippen LogP contribution in [-0.4, -0.2) is 17.9 Å². The summed E-state index contributed by atoms with van der Waals surface area (Å²) in [6.07, 6.45) is 4.61. The van der Waals surface area contributed by atoms with Crippen LogP contribution in [0.1, 0.15) is 58.9 Å². The van der Waals surface area contributed by atoms with Gasteiger partial charge in [0.2, 0.25) is 0 Å². The summed E-state index contributed by atoms with van der Waals surface area (Å²) in [5.41, 5.74) is 2.77. The molecule has 4 nitrogen and oxygen atoms in total. The zero-order valence-corrected chi connectivity index (χ0v) is 15.4. The second-order valence-electron chi connectivity index (χ2n) is 7.19. The molecule has 2 aromatic rings. The maximum absolute atomic E-state index is 12.7. The van der Waals surface area contributed by atoms with E-state index in [0.717, 1.165) is 18.4 Å². The Morgan fingerprint density at radius 2 is 1.65 bits per heavy atom. The van der Waals surface area contributed by atoms with Crippen molar-refractivity contribution in [2.45, 2.75) is 45.6 Å². The molecule has 0 radical (unpaired) electrons. The van der Waals surface area contributed by atoms with Crippen LogP contribution in [0, 0.1) is 12.8 Å². The van der Waals surface area contributed by atoms with Crippen LogP contribution >= 0.6 is 0 Å². The van der Waals surface area contributed by atoms with Gasteiger partial charge in [-0.15, -0.1) is 0 Å². The highest BCUT2D eigenvalue weighted by atomic mass is 16.2. The van der Waals surface area contributed by atoms with E-state index in [2.05, 4.69) is 17.6 Å². The highest BCUT2D eigenvalue weighted by molar-refractivity contribution is 6.05. The molecule has 2 aromatic carbocycles. The van der Waals surface area contributed by atoms with Gasteiger partial charge in [0.15, 0.2) is 0 Å². The molecule has 0 aliphatic heterocycles. The number of anilines is 1. The van der Waals surface area contributed by atoms with Crippen molar-refractivity contribution < 1.29 is 9.59 Å². The molecule has 0 aromatic heterocycles. The van der Waals surface area contributed by atoms with E-state index < -0.39 is 0 Å². The molecule has 4 heteroatoms. The van der Waals surface area contributed by atoms with Gasteiger partial charge in [0.25, 0.3) is 11.8 Å². The molecule has 1 aliphatic carbocycles. The summed E-state index contributed by atoms with van der Waals surface area (Å²) in [5.74, 6) is 0.265. The lowest BCUT2D eigenvalue weighted by Crippen LogP contribution is -2.41. The maximum atomic E-state index is 12.7. The monoisotopic (exact) mass is 350 g/mol. The van der Waals surface area contributed by atoms with Gasteiger partial charge in [0.1, 0.15) is 0 Å². The van der Waals surface area contributed by atoms with E-state index in [1.54, 1.807) is 18.2 Å². The van der Waals surface area contributed by atoms with E-state index in [4.69, 9.17) is 0 Å². The average molecular weight is 350 g/mol. The molecule has 136 valence electrons. The number of carbonyl (C=O) groups is 2. The maximum Gasteiger partial charge on any atom is 0.255 e. The molecule has 2 unspecified atom stereocenters. The number of aryl methyl sites for hydroxylation is 1. The molecule has 1 saturated carbocycles. The number of carbonyl (C=O) groups excluding carboxylic acids is 2. The first-order valence-electron chi connectivity index (χ1n) is 9.32. The summed E-state index contributed by atoms with van der Waals surface area (Å²) >= 11 is 0. The third kappa shape index (κ3) is 4.31. The van der Waals surface area contributed by atoms with Gasteiger partial charge in [-0.25, -0.2) is 0 Å². The topological polar surface area (TPSA) is 58.2 Å². The van der Waals surface area contributed by atoms with Crippen molar-refractivity contribution in [2.24, 2.45) is 5.92 Å². The van der Waals surface area contributed by atoms with Gasteiger partial charge in [0, 0.05) is 22.9 Å². The van der Waals surface area contributed by atoms with Crippen molar-refractivity contribution in [3.63, 3.8) is 0 Å². The van der Waals surface area contributed by atoms with Crippen molar-refractivity contribution in [1.82, 2.24) is 5.32 Å². The third-order valence-electron chi connectivity index (χ3n) is 5.21. The Morgan fingerprint density at radius 3 is 2.38 bits per heavy atom. The van der Waals surface area contributed by atoms with Gasteiger partial charge in [-0.3, -0.25) is 9.59 Å². The number of amides is 2. The number of benzene rings is 2. The smallest absolute Gasteiger partial charge is 0.255 e. The minimum atomic E-state index is -0.174. The van der Waals surface area contributed by atoms with E-state index in [0.29, 0.717) is 22.7 Å². The summed E-state index contributed by atoms with van der Waals surface area (Å²) in [5, 5.41) is 6.08. The minimum Gasteiger partial charge on any atom is -0.349 e. The van der Waals surface area contributed by atoms with Crippen LogP contribution in [0.5, 0.6) is 0 Å². The Labute approximate surface area is 155 Å². The fourth-order valence-electron chi connectivity index (χ4n) is 3.46. The molecule has 0 saturated heterocycles. The number of nitrogens with one attached hydrogen (secondary N) is 2. The Morgan fingerprint density at radius 1 is 0.923 bits per heavy atom. The van der Waals surface area contributed by atoms with E-state index >= 15 is 0 Å². The van der Waals surface area contributed by atoms with Crippen LogP contribution in [0.3, 0.4) is 0 Å². The van der Waals surface area contributed by atoms with Crippen LogP contribution < -0.4 is 10.6 Å². The number of hydrogen-bond donors (Lipinski definition) is 2. The van der Waals surface area contributed by atoms with Crippen molar-refractivity contribution in [3.05, 3.63) is 65.2 Å². The van der Waals surface area contributed by atoms with Crippen molar-refractivity contribution in [1.29, 1.82) is 0 Å². The molecule has 26 heavy (non-hydrogen) atoms. The number of rotatable bonds is 4. The van der Waals surface area contributed by atoms with Gasteiger partial charge >= 0.3 is 0 Å². The zero-order valence-electron chi connectivity index (χ0n) is 15.4. The molecule has 0 heterocycles. The Balaban J connectivity index is 1.72. The molecule has 0 spiro atoms. The Hall–Kier alpha value is -2.62. The first-order valence-corrected chi connectivity index (χ1v) is 9.32. The van der Waals surface area contributed by atoms with E-state index in [1.165, 1.54) is 12.8 Å². The van der Waals surface area contributed by atoms with Crippen LogP contribution in [0.15, 0.2) is 48.5 Å². The fraction of sp³-hybridized carbons (Fsp3) is 0.364. The lowest BCUT2D eigenvalue weighted by molar-refractivity contribution is 0.0909. The normalized spacial score (nSPS) is 19.6. The van der Waals surface area contributed by atoms with Gasteiger partial charge in [-0.2, -0.15) is 0 Å². The van der Waals surface area contributed by atoms with Crippen LogP contribution in [0.2, 0.25) is 0 Å². The lowest BCUT2D eigenvalue weighted by Gasteiger charge is -2.29. The molecular formula is C22H26N2O2. The molecule has 0 bridgehead atoms. The molecule has 1 aliphatic rings. The summed E-state index contributed by atoms with van der Waals surface area (Å²) in [6, 6.07) is 14.8. The summed E-state index contributed by atoms with van der Waals surface area (Å²) in [4.78, 5) is 25.0. The van der Waals surface area contributed by atoms with Crippen LogP contribution in [0.25, 0.3) is 0 Å². The quantitative estimate of drug-likeness (QED) is 0.849. The molecule has 1 fully saturated rings.